The van der Waals surface area contributed by atoms with E-state index in [1.807, 2.05) is 31.2 Å². The molecule has 0 saturated carbocycles. The van der Waals surface area contributed by atoms with Crippen LogP contribution < -0.4 is 0 Å². The number of carboxylic acid groups (broad SMARTS) is 1. The number of hydrogen-bond donors (Lipinski definition) is 2. The second-order valence-electron chi connectivity index (χ2n) is 4.33. The molecule has 0 fully saturated rings. The molecular weight excluding hydrogens is 204 g/mol. The minimum atomic E-state index is -0.891. The van der Waals surface area contributed by atoms with Crippen molar-refractivity contribution in [3.63, 3.8) is 0 Å². The highest BCUT2D eigenvalue weighted by Gasteiger charge is 2.29. The number of aliphatic hydroxyl groups is 1. The Labute approximate surface area is 95.7 Å². The third-order valence-corrected chi connectivity index (χ3v) is 2.99. The monoisotopic (exact) mass is 222 g/mol. The summed E-state index contributed by atoms with van der Waals surface area (Å²) in [6, 6.07) is 7.40. The average Bonchev–Trinajstić information content (AvgIpc) is 2.20. The molecule has 0 aliphatic rings. The molecule has 0 bridgehead atoms. The van der Waals surface area contributed by atoms with Crippen molar-refractivity contribution in [2.75, 3.05) is 0 Å². The summed E-state index contributed by atoms with van der Waals surface area (Å²) in [5.74, 6) is -1.85. The molecule has 0 spiro atoms. The summed E-state index contributed by atoms with van der Waals surface area (Å²) in [5, 5.41) is 18.7. The molecule has 3 heteroatoms. The minimum absolute atomic E-state index is 0.305. The molecule has 1 aromatic rings. The molecular formula is C13H18O3. The summed E-state index contributed by atoms with van der Waals surface area (Å²) in [4.78, 5) is 11.2. The van der Waals surface area contributed by atoms with Crippen LogP contribution in [0.5, 0.6) is 0 Å². The van der Waals surface area contributed by atoms with Crippen LogP contribution in [-0.4, -0.2) is 22.3 Å². The fraction of sp³-hybridized carbons (Fsp3) is 0.462. The lowest BCUT2D eigenvalue weighted by atomic mass is 9.84. The maximum atomic E-state index is 11.2. The first-order valence-electron chi connectivity index (χ1n) is 5.41. The molecule has 0 amide bonds. The van der Waals surface area contributed by atoms with Crippen LogP contribution in [0.1, 0.15) is 30.9 Å². The SMILES string of the molecule is Cc1ccc(C(C(=O)O)C(C)C(C)O)cc1. The van der Waals surface area contributed by atoms with Crippen LogP contribution >= 0.6 is 0 Å². The summed E-state index contributed by atoms with van der Waals surface area (Å²) in [5.41, 5.74) is 1.84. The third kappa shape index (κ3) is 2.83. The van der Waals surface area contributed by atoms with Gasteiger partial charge >= 0.3 is 5.97 Å². The van der Waals surface area contributed by atoms with E-state index in [0.717, 1.165) is 11.1 Å². The number of aliphatic carboxylic acids is 1. The van der Waals surface area contributed by atoms with Gasteiger partial charge in [-0.25, -0.2) is 0 Å². The molecule has 1 rings (SSSR count). The van der Waals surface area contributed by atoms with Crippen molar-refractivity contribution in [1.82, 2.24) is 0 Å². The maximum Gasteiger partial charge on any atom is 0.311 e. The van der Waals surface area contributed by atoms with Crippen LogP contribution in [0.4, 0.5) is 0 Å². The van der Waals surface area contributed by atoms with Crippen LogP contribution in [-0.2, 0) is 4.79 Å². The third-order valence-electron chi connectivity index (χ3n) is 2.99. The first kappa shape index (κ1) is 12.7. The van der Waals surface area contributed by atoms with E-state index in [4.69, 9.17) is 0 Å². The summed E-state index contributed by atoms with van der Waals surface area (Å²) < 4.78 is 0. The lowest BCUT2D eigenvalue weighted by Gasteiger charge is -2.23. The van der Waals surface area contributed by atoms with Gasteiger partial charge in [0.05, 0.1) is 12.0 Å². The molecule has 3 atom stereocenters. The number of aryl methyl sites for hydroxylation is 1. The molecule has 0 heterocycles. The fourth-order valence-corrected chi connectivity index (χ4v) is 1.72. The molecule has 1 aromatic carbocycles. The van der Waals surface area contributed by atoms with Crippen molar-refractivity contribution in [3.05, 3.63) is 35.4 Å². The Morgan fingerprint density at radius 1 is 1.19 bits per heavy atom. The van der Waals surface area contributed by atoms with E-state index < -0.39 is 18.0 Å². The number of carbonyl (C=O) groups is 1. The molecule has 16 heavy (non-hydrogen) atoms. The van der Waals surface area contributed by atoms with E-state index in [9.17, 15) is 15.0 Å². The largest absolute Gasteiger partial charge is 0.481 e. The van der Waals surface area contributed by atoms with E-state index >= 15 is 0 Å². The van der Waals surface area contributed by atoms with Gasteiger partial charge in [-0.1, -0.05) is 36.8 Å². The number of aliphatic hydroxyl groups excluding tert-OH is 1. The van der Waals surface area contributed by atoms with Crippen molar-refractivity contribution in [2.24, 2.45) is 5.92 Å². The number of benzene rings is 1. The zero-order valence-electron chi connectivity index (χ0n) is 9.84. The van der Waals surface area contributed by atoms with Crippen molar-refractivity contribution in [3.8, 4) is 0 Å². The van der Waals surface area contributed by atoms with E-state index in [1.165, 1.54) is 0 Å². The zero-order chi connectivity index (χ0) is 12.3. The summed E-state index contributed by atoms with van der Waals surface area (Å²) >= 11 is 0. The topological polar surface area (TPSA) is 57.5 Å². The van der Waals surface area contributed by atoms with Crippen molar-refractivity contribution in [2.45, 2.75) is 32.8 Å². The molecule has 88 valence electrons. The molecule has 0 aliphatic heterocycles. The van der Waals surface area contributed by atoms with E-state index in [0.29, 0.717) is 0 Å². The second-order valence-corrected chi connectivity index (χ2v) is 4.33. The summed E-state index contributed by atoms with van der Waals surface area (Å²) in [7, 11) is 0. The van der Waals surface area contributed by atoms with Gasteiger partial charge in [0, 0.05) is 0 Å². The highest BCUT2D eigenvalue weighted by molar-refractivity contribution is 5.76. The Hall–Kier alpha value is -1.35. The highest BCUT2D eigenvalue weighted by Crippen LogP contribution is 2.27. The predicted octanol–water partition coefficient (Wildman–Crippen LogP) is 2.18. The Morgan fingerprint density at radius 2 is 1.69 bits per heavy atom. The number of hydrogen-bond acceptors (Lipinski definition) is 2. The summed E-state index contributed by atoms with van der Waals surface area (Å²) in [6.45, 7) is 5.33. The van der Waals surface area contributed by atoms with Crippen molar-refractivity contribution < 1.29 is 15.0 Å². The fourth-order valence-electron chi connectivity index (χ4n) is 1.72. The van der Waals surface area contributed by atoms with Gasteiger partial charge in [0.2, 0.25) is 0 Å². The standard InChI is InChI=1S/C13H18O3/c1-8-4-6-11(7-5-8)12(13(15)16)9(2)10(3)14/h4-7,9-10,12,14H,1-3H3,(H,15,16). The number of rotatable bonds is 4. The Morgan fingerprint density at radius 3 is 2.06 bits per heavy atom. The second kappa shape index (κ2) is 5.12. The molecule has 0 saturated heterocycles. The highest BCUT2D eigenvalue weighted by atomic mass is 16.4. The van der Waals surface area contributed by atoms with Gasteiger partial charge in [-0.15, -0.1) is 0 Å². The smallest absolute Gasteiger partial charge is 0.311 e. The van der Waals surface area contributed by atoms with Gasteiger partial charge in [-0.3, -0.25) is 4.79 Å². The molecule has 0 aliphatic carbocycles. The summed E-state index contributed by atoms with van der Waals surface area (Å²) in [6.07, 6.45) is -0.637. The molecule has 0 radical (unpaired) electrons. The first-order chi connectivity index (χ1) is 7.43. The minimum Gasteiger partial charge on any atom is -0.481 e. The Kier molecular flexibility index (Phi) is 4.07. The Balaban J connectivity index is 3.03. The molecule has 2 N–H and O–H groups in total. The molecule has 0 aromatic heterocycles. The van der Waals surface area contributed by atoms with Gasteiger partial charge < -0.3 is 10.2 Å². The average molecular weight is 222 g/mol. The Bertz CT molecular complexity index is 354. The predicted molar refractivity (Wildman–Crippen MR) is 62.4 cm³/mol. The number of carboxylic acids is 1. The van der Waals surface area contributed by atoms with E-state index in [1.54, 1.807) is 13.8 Å². The first-order valence-corrected chi connectivity index (χ1v) is 5.41. The zero-order valence-corrected chi connectivity index (χ0v) is 9.84. The van der Waals surface area contributed by atoms with Crippen LogP contribution in [0.25, 0.3) is 0 Å². The lowest BCUT2D eigenvalue weighted by Crippen LogP contribution is -2.27. The van der Waals surface area contributed by atoms with Gasteiger partial charge in [0.25, 0.3) is 0 Å². The van der Waals surface area contributed by atoms with Gasteiger partial charge in [-0.2, -0.15) is 0 Å². The van der Waals surface area contributed by atoms with E-state index in [2.05, 4.69) is 0 Å². The van der Waals surface area contributed by atoms with Gasteiger partial charge in [0.1, 0.15) is 0 Å². The van der Waals surface area contributed by atoms with Crippen LogP contribution in [0, 0.1) is 12.8 Å². The quantitative estimate of drug-likeness (QED) is 0.821. The van der Waals surface area contributed by atoms with E-state index in [-0.39, 0.29) is 5.92 Å². The van der Waals surface area contributed by atoms with Crippen LogP contribution in [0.3, 0.4) is 0 Å². The maximum absolute atomic E-state index is 11.2. The van der Waals surface area contributed by atoms with Crippen LogP contribution in [0.2, 0.25) is 0 Å². The van der Waals surface area contributed by atoms with Crippen molar-refractivity contribution >= 4 is 5.97 Å². The molecule has 3 nitrogen and oxygen atoms in total. The van der Waals surface area contributed by atoms with Gasteiger partial charge in [-0.05, 0) is 25.3 Å². The normalized spacial score (nSPS) is 16.5. The lowest BCUT2D eigenvalue weighted by molar-refractivity contribution is -0.141. The van der Waals surface area contributed by atoms with Crippen molar-refractivity contribution in [1.29, 1.82) is 0 Å². The molecule has 3 unspecified atom stereocenters. The van der Waals surface area contributed by atoms with Crippen LogP contribution in [0.15, 0.2) is 24.3 Å². The van der Waals surface area contributed by atoms with Gasteiger partial charge in [0.15, 0.2) is 0 Å².